The SMILES string of the molecule is CN1CCN(C(=O)COc2ccc(F)cc2)c2nc3ccccc3nc21. The Bertz CT molecular complexity index is 961. The van der Waals surface area contributed by atoms with Crippen molar-refractivity contribution in [2.45, 2.75) is 0 Å². The first kappa shape index (κ1) is 16.3. The van der Waals surface area contributed by atoms with Gasteiger partial charge in [0.2, 0.25) is 0 Å². The molecule has 0 saturated carbocycles. The van der Waals surface area contributed by atoms with Crippen LogP contribution in [0.4, 0.5) is 16.0 Å². The highest BCUT2D eigenvalue weighted by Crippen LogP contribution is 2.30. The Balaban J connectivity index is 1.59. The second-order valence-corrected chi connectivity index (χ2v) is 6.07. The van der Waals surface area contributed by atoms with Gasteiger partial charge in [-0.3, -0.25) is 9.69 Å². The highest BCUT2D eigenvalue weighted by molar-refractivity contribution is 5.98. The van der Waals surface area contributed by atoms with E-state index in [0.29, 0.717) is 30.5 Å². The fourth-order valence-electron chi connectivity index (χ4n) is 2.88. The second kappa shape index (κ2) is 6.59. The largest absolute Gasteiger partial charge is 0.484 e. The first-order valence-corrected chi connectivity index (χ1v) is 8.28. The molecular weight excluding hydrogens is 335 g/mol. The summed E-state index contributed by atoms with van der Waals surface area (Å²) in [5.41, 5.74) is 1.52. The van der Waals surface area contributed by atoms with E-state index in [9.17, 15) is 9.18 Å². The molecule has 132 valence electrons. The van der Waals surface area contributed by atoms with Crippen molar-refractivity contribution >= 4 is 28.6 Å². The van der Waals surface area contributed by atoms with Gasteiger partial charge in [-0.15, -0.1) is 0 Å². The van der Waals surface area contributed by atoms with Gasteiger partial charge in [0.25, 0.3) is 5.91 Å². The van der Waals surface area contributed by atoms with E-state index in [1.54, 1.807) is 4.90 Å². The van der Waals surface area contributed by atoms with E-state index in [4.69, 9.17) is 4.74 Å². The van der Waals surface area contributed by atoms with Crippen LogP contribution in [0.3, 0.4) is 0 Å². The van der Waals surface area contributed by atoms with Crippen molar-refractivity contribution in [1.82, 2.24) is 9.97 Å². The van der Waals surface area contributed by atoms with E-state index >= 15 is 0 Å². The summed E-state index contributed by atoms with van der Waals surface area (Å²) < 4.78 is 18.4. The molecule has 1 aliphatic heterocycles. The maximum absolute atomic E-state index is 13.0. The number of benzene rings is 2. The van der Waals surface area contributed by atoms with Crippen LogP contribution >= 0.6 is 0 Å². The summed E-state index contributed by atoms with van der Waals surface area (Å²) in [4.78, 5) is 25.5. The quantitative estimate of drug-likeness (QED) is 0.725. The zero-order valence-electron chi connectivity index (χ0n) is 14.2. The van der Waals surface area contributed by atoms with Crippen LogP contribution in [-0.4, -0.2) is 42.6 Å². The number of amides is 1. The molecular formula is C19H17FN4O2. The zero-order chi connectivity index (χ0) is 18.1. The lowest BCUT2D eigenvalue weighted by Gasteiger charge is -2.33. The molecule has 3 aromatic rings. The van der Waals surface area contributed by atoms with Crippen molar-refractivity contribution in [3.05, 3.63) is 54.3 Å². The average Bonchev–Trinajstić information content (AvgIpc) is 2.66. The lowest BCUT2D eigenvalue weighted by molar-refractivity contribution is -0.120. The number of hydrogen-bond donors (Lipinski definition) is 0. The molecule has 1 amide bonds. The number of nitrogens with zero attached hydrogens (tertiary/aromatic N) is 4. The molecule has 0 N–H and O–H groups in total. The second-order valence-electron chi connectivity index (χ2n) is 6.07. The fraction of sp³-hybridized carbons (Fsp3) is 0.211. The van der Waals surface area contributed by atoms with Crippen LogP contribution in [0.5, 0.6) is 5.75 Å². The van der Waals surface area contributed by atoms with E-state index in [1.165, 1.54) is 24.3 Å². The van der Waals surface area contributed by atoms with Gasteiger partial charge in [0, 0.05) is 20.1 Å². The third-order valence-corrected chi connectivity index (χ3v) is 4.29. The number of aromatic nitrogens is 2. The number of fused-ring (bicyclic) bond motifs is 2. The average molecular weight is 352 g/mol. The van der Waals surface area contributed by atoms with Gasteiger partial charge in [-0.05, 0) is 36.4 Å². The number of hydrogen-bond acceptors (Lipinski definition) is 5. The van der Waals surface area contributed by atoms with Crippen LogP contribution in [0, 0.1) is 5.82 Å². The van der Waals surface area contributed by atoms with Crippen molar-refractivity contribution in [3.63, 3.8) is 0 Å². The predicted molar refractivity (Wildman–Crippen MR) is 97.1 cm³/mol. The Morgan fingerprint density at radius 1 is 1.04 bits per heavy atom. The van der Waals surface area contributed by atoms with Crippen LogP contribution in [0.2, 0.25) is 0 Å². The molecule has 6 nitrogen and oxygen atoms in total. The van der Waals surface area contributed by atoms with Crippen LogP contribution in [0.1, 0.15) is 0 Å². The Kier molecular flexibility index (Phi) is 4.12. The van der Waals surface area contributed by atoms with Gasteiger partial charge >= 0.3 is 0 Å². The molecule has 2 heterocycles. The Morgan fingerprint density at radius 3 is 2.38 bits per heavy atom. The van der Waals surface area contributed by atoms with Crippen molar-refractivity contribution in [2.24, 2.45) is 0 Å². The fourth-order valence-corrected chi connectivity index (χ4v) is 2.88. The summed E-state index contributed by atoms with van der Waals surface area (Å²) >= 11 is 0. The lowest BCUT2D eigenvalue weighted by atomic mass is 10.2. The van der Waals surface area contributed by atoms with Gasteiger partial charge in [-0.1, -0.05) is 12.1 Å². The summed E-state index contributed by atoms with van der Waals surface area (Å²) in [6.45, 7) is 1.01. The number of ether oxygens (including phenoxy) is 1. The predicted octanol–water partition coefficient (Wildman–Crippen LogP) is 2.63. The first-order chi connectivity index (χ1) is 12.6. The summed E-state index contributed by atoms with van der Waals surface area (Å²) in [5, 5.41) is 0. The Labute approximate surface area is 149 Å². The molecule has 26 heavy (non-hydrogen) atoms. The van der Waals surface area contributed by atoms with Crippen LogP contribution < -0.4 is 14.5 Å². The molecule has 0 aliphatic carbocycles. The van der Waals surface area contributed by atoms with Crippen molar-refractivity contribution in [1.29, 1.82) is 0 Å². The van der Waals surface area contributed by atoms with Gasteiger partial charge in [0.05, 0.1) is 11.0 Å². The molecule has 0 unspecified atom stereocenters. The minimum atomic E-state index is -0.348. The van der Waals surface area contributed by atoms with Gasteiger partial charge in [-0.25, -0.2) is 14.4 Å². The highest BCUT2D eigenvalue weighted by atomic mass is 19.1. The summed E-state index contributed by atoms with van der Waals surface area (Å²) in [6.07, 6.45) is 0. The zero-order valence-corrected chi connectivity index (χ0v) is 14.2. The molecule has 0 radical (unpaired) electrons. The number of para-hydroxylation sites is 2. The molecule has 0 atom stereocenters. The third kappa shape index (κ3) is 3.03. The summed E-state index contributed by atoms with van der Waals surface area (Å²) in [5.74, 6) is 1.08. The molecule has 2 aromatic carbocycles. The van der Waals surface area contributed by atoms with E-state index < -0.39 is 0 Å². The maximum Gasteiger partial charge on any atom is 0.266 e. The van der Waals surface area contributed by atoms with Gasteiger partial charge < -0.3 is 9.64 Å². The first-order valence-electron chi connectivity index (χ1n) is 8.28. The molecule has 1 aromatic heterocycles. The maximum atomic E-state index is 13.0. The van der Waals surface area contributed by atoms with E-state index in [0.717, 1.165) is 11.0 Å². The van der Waals surface area contributed by atoms with Gasteiger partial charge in [0.15, 0.2) is 18.2 Å². The number of halogens is 1. The highest BCUT2D eigenvalue weighted by Gasteiger charge is 2.28. The van der Waals surface area contributed by atoms with Crippen molar-refractivity contribution < 1.29 is 13.9 Å². The number of rotatable bonds is 3. The summed E-state index contributed by atoms with van der Waals surface area (Å²) in [7, 11) is 1.93. The third-order valence-electron chi connectivity index (χ3n) is 4.29. The lowest BCUT2D eigenvalue weighted by Crippen LogP contribution is -2.45. The monoisotopic (exact) mass is 352 g/mol. The van der Waals surface area contributed by atoms with Gasteiger partial charge in [0.1, 0.15) is 11.6 Å². The molecule has 0 saturated heterocycles. The molecule has 7 heteroatoms. The molecule has 0 spiro atoms. The molecule has 4 rings (SSSR count). The molecule has 1 aliphatic rings. The molecule has 0 bridgehead atoms. The normalized spacial score (nSPS) is 13.6. The Morgan fingerprint density at radius 2 is 1.69 bits per heavy atom. The number of anilines is 2. The Hall–Kier alpha value is -3.22. The number of likely N-dealkylation sites (N-methyl/N-ethyl adjacent to an activating group) is 1. The minimum Gasteiger partial charge on any atom is -0.484 e. The topological polar surface area (TPSA) is 58.6 Å². The standard InChI is InChI=1S/C19H17FN4O2/c1-23-10-11-24(17(25)12-26-14-8-6-13(20)7-9-14)19-18(23)21-15-4-2-3-5-16(15)22-19/h2-9H,10-12H2,1H3. The minimum absolute atomic E-state index is 0.150. The van der Waals surface area contributed by atoms with Crippen LogP contribution in [0.25, 0.3) is 11.0 Å². The smallest absolute Gasteiger partial charge is 0.266 e. The molecule has 0 fully saturated rings. The number of carbonyl (C=O) groups is 1. The van der Waals surface area contributed by atoms with E-state index in [2.05, 4.69) is 9.97 Å². The van der Waals surface area contributed by atoms with Gasteiger partial charge in [-0.2, -0.15) is 0 Å². The van der Waals surface area contributed by atoms with Crippen molar-refractivity contribution in [2.75, 3.05) is 36.5 Å². The number of carbonyl (C=O) groups excluding carboxylic acids is 1. The van der Waals surface area contributed by atoms with Crippen molar-refractivity contribution in [3.8, 4) is 5.75 Å². The van der Waals surface area contributed by atoms with E-state index in [1.807, 2.05) is 36.2 Å². The van der Waals surface area contributed by atoms with E-state index in [-0.39, 0.29) is 18.3 Å². The summed E-state index contributed by atoms with van der Waals surface area (Å²) in [6, 6.07) is 13.1. The van der Waals surface area contributed by atoms with Crippen LogP contribution in [-0.2, 0) is 4.79 Å². The van der Waals surface area contributed by atoms with Crippen LogP contribution in [0.15, 0.2) is 48.5 Å².